The van der Waals surface area contributed by atoms with Gasteiger partial charge < -0.3 is 26.0 Å². The lowest BCUT2D eigenvalue weighted by atomic mass is 9.73. The number of amides is 2. The number of Topliss-reactive ketones (excluding diaryl/α,β-unsaturated/α-hetero) is 1. The molecule has 2 unspecified atom stereocenters. The smallest absolute Gasteiger partial charge is 0.353 e. The number of hydrogen-bond acceptors (Lipinski definition) is 7. The summed E-state index contributed by atoms with van der Waals surface area (Å²) in [6, 6.07) is -0.862. The topological polar surface area (TPSA) is 133 Å². The van der Waals surface area contributed by atoms with E-state index in [4.69, 9.17) is 5.73 Å². The van der Waals surface area contributed by atoms with Crippen molar-refractivity contribution in [3.63, 3.8) is 0 Å². The quantitative estimate of drug-likeness (QED) is 0.400. The fourth-order valence-corrected chi connectivity index (χ4v) is 6.40. The van der Waals surface area contributed by atoms with Crippen LogP contribution in [0.25, 0.3) is 0 Å². The standard InChI is InChI=1S/C21H30F2N4O5S/c1-9(5-13(28)21(22,23)8-24)14-15-10(2)17(16(20(31)32)27(15)19(14)30)33-11-6-12(25-7-11)18(29)26(3)4/h9-12,14-15,25H,5-8,24H2,1-4H3,(H,31,32)/t9-,10+,11?,12?,14+,15-/m0/s1. The maximum Gasteiger partial charge on any atom is 0.353 e. The van der Waals surface area contributed by atoms with E-state index in [9.17, 15) is 33.1 Å². The zero-order valence-electron chi connectivity index (χ0n) is 19.0. The molecule has 0 aromatic heterocycles. The lowest BCUT2D eigenvalue weighted by molar-refractivity contribution is -0.161. The molecule has 184 valence electrons. The number of ketones is 1. The molecule has 4 N–H and O–H groups in total. The molecule has 2 saturated heterocycles. The second-order valence-electron chi connectivity index (χ2n) is 9.21. The number of nitrogens with one attached hydrogen (secondary N) is 1. The number of halogens is 2. The molecule has 2 amide bonds. The van der Waals surface area contributed by atoms with Crippen molar-refractivity contribution < 1.29 is 33.1 Å². The van der Waals surface area contributed by atoms with E-state index in [1.807, 2.05) is 6.92 Å². The molecular formula is C21H30F2N4O5S. The summed E-state index contributed by atoms with van der Waals surface area (Å²) in [6.07, 6.45) is 0.00926. The van der Waals surface area contributed by atoms with Crippen LogP contribution in [0.2, 0.25) is 0 Å². The summed E-state index contributed by atoms with van der Waals surface area (Å²) in [5, 5.41) is 12.9. The van der Waals surface area contributed by atoms with Crippen LogP contribution >= 0.6 is 11.8 Å². The number of alkyl halides is 2. The molecule has 6 atom stereocenters. The zero-order chi connectivity index (χ0) is 24.8. The van der Waals surface area contributed by atoms with Crippen LogP contribution < -0.4 is 11.1 Å². The molecule has 0 aromatic rings. The number of carbonyl (C=O) groups excluding carboxylic acids is 3. The average molecular weight is 489 g/mol. The maximum absolute atomic E-state index is 13.6. The van der Waals surface area contributed by atoms with Gasteiger partial charge in [-0.15, -0.1) is 11.8 Å². The van der Waals surface area contributed by atoms with E-state index in [0.717, 1.165) is 0 Å². The number of likely N-dealkylation sites (N-methyl/N-ethyl adjacent to an activating group) is 1. The van der Waals surface area contributed by atoms with Gasteiger partial charge in [0, 0.05) is 43.1 Å². The molecular weight excluding hydrogens is 458 g/mol. The van der Waals surface area contributed by atoms with Gasteiger partial charge in [-0.05, 0) is 12.3 Å². The third-order valence-electron chi connectivity index (χ3n) is 6.70. The van der Waals surface area contributed by atoms with Crippen molar-refractivity contribution in [3.8, 4) is 0 Å². The Balaban J connectivity index is 1.75. The molecule has 0 bridgehead atoms. The zero-order valence-corrected chi connectivity index (χ0v) is 19.8. The lowest BCUT2D eigenvalue weighted by Gasteiger charge is -2.47. The molecule has 3 aliphatic heterocycles. The molecule has 0 saturated carbocycles. The van der Waals surface area contributed by atoms with Gasteiger partial charge in [0.05, 0.1) is 24.5 Å². The van der Waals surface area contributed by atoms with Crippen molar-refractivity contribution in [2.24, 2.45) is 23.5 Å². The minimum Gasteiger partial charge on any atom is -0.477 e. The monoisotopic (exact) mass is 488 g/mol. The van der Waals surface area contributed by atoms with Gasteiger partial charge in [-0.3, -0.25) is 14.4 Å². The Bertz CT molecular complexity index is 896. The predicted molar refractivity (Wildman–Crippen MR) is 117 cm³/mol. The molecule has 0 aliphatic carbocycles. The third-order valence-corrected chi connectivity index (χ3v) is 8.21. The lowest BCUT2D eigenvalue weighted by Crippen LogP contribution is -2.62. The highest BCUT2D eigenvalue weighted by Gasteiger charge is 2.60. The highest BCUT2D eigenvalue weighted by atomic mass is 32.2. The van der Waals surface area contributed by atoms with E-state index < -0.39 is 54.4 Å². The largest absolute Gasteiger partial charge is 0.477 e. The number of aliphatic carboxylic acids is 1. The highest BCUT2D eigenvalue weighted by Crippen LogP contribution is 2.53. The minimum atomic E-state index is -3.65. The summed E-state index contributed by atoms with van der Waals surface area (Å²) in [6.45, 7) is 2.78. The molecule has 0 radical (unpaired) electrons. The number of hydrogen-bond donors (Lipinski definition) is 3. The first kappa shape index (κ1) is 25.6. The fourth-order valence-electron chi connectivity index (χ4n) is 4.92. The summed E-state index contributed by atoms with van der Waals surface area (Å²) in [4.78, 5) is 52.3. The van der Waals surface area contributed by atoms with Crippen molar-refractivity contribution in [2.75, 3.05) is 27.2 Å². The van der Waals surface area contributed by atoms with E-state index >= 15 is 0 Å². The van der Waals surface area contributed by atoms with Crippen LogP contribution in [0.5, 0.6) is 0 Å². The Morgan fingerprint density at radius 1 is 1.36 bits per heavy atom. The number of β-lactam (4-membered cyclic amide) rings is 1. The van der Waals surface area contributed by atoms with Gasteiger partial charge in [0.15, 0.2) is 0 Å². The van der Waals surface area contributed by atoms with E-state index in [2.05, 4.69) is 5.32 Å². The molecule has 3 aliphatic rings. The average Bonchev–Trinajstić information content (AvgIpc) is 3.29. The van der Waals surface area contributed by atoms with Gasteiger partial charge in [0.2, 0.25) is 17.6 Å². The van der Waals surface area contributed by atoms with Gasteiger partial charge in [0.25, 0.3) is 0 Å². The van der Waals surface area contributed by atoms with Gasteiger partial charge >= 0.3 is 11.9 Å². The number of carboxylic acids is 1. The van der Waals surface area contributed by atoms with E-state index in [1.54, 1.807) is 21.0 Å². The van der Waals surface area contributed by atoms with Crippen LogP contribution in [-0.4, -0.2) is 88.9 Å². The minimum absolute atomic E-state index is 0.0554. The molecule has 0 aromatic carbocycles. The van der Waals surface area contributed by atoms with Crippen molar-refractivity contribution in [3.05, 3.63) is 10.6 Å². The number of carboxylic acid groups (broad SMARTS) is 1. The van der Waals surface area contributed by atoms with Crippen LogP contribution in [0.1, 0.15) is 26.7 Å². The van der Waals surface area contributed by atoms with Crippen molar-refractivity contribution >= 4 is 35.3 Å². The second-order valence-corrected chi connectivity index (χ2v) is 10.6. The highest BCUT2D eigenvalue weighted by molar-refractivity contribution is 8.03. The second kappa shape index (κ2) is 9.30. The Hall–Kier alpha value is -2.05. The summed E-state index contributed by atoms with van der Waals surface area (Å²) in [7, 11) is 3.33. The molecule has 0 spiro atoms. The summed E-state index contributed by atoms with van der Waals surface area (Å²) in [5.41, 5.74) is 4.89. The normalized spacial score (nSPS) is 30.2. The first-order valence-electron chi connectivity index (χ1n) is 10.8. The molecule has 3 heterocycles. The number of nitrogens with zero attached hydrogens (tertiary/aromatic N) is 2. The van der Waals surface area contributed by atoms with Gasteiger partial charge in [-0.25, -0.2) is 4.79 Å². The number of thioether (sulfide) groups is 1. The van der Waals surface area contributed by atoms with Crippen LogP contribution in [-0.2, 0) is 19.2 Å². The SMILES string of the molecule is C[C@@H](CC(=O)C(F)(F)CN)[C@H]1C(=O)N2C(C(=O)O)=C(SC3CNC(C(=O)N(C)C)C3)[C@H](C)[C@@H]12. The summed E-state index contributed by atoms with van der Waals surface area (Å²) < 4.78 is 27.3. The molecule has 2 fully saturated rings. The van der Waals surface area contributed by atoms with E-state index in [-0.39, 0.29) is 28.8 Å². The fraction of sp³-hybridized carbons (Fsp3) is 0.714. The van der Waals surface area contributed by atoms with Crippen LogP contribution in [0.3, 0.4) is 0 Å². The van der Waals surface area contributed by atoms with Gasteiger partial charge in [0.1, 0.15) is 5.70 Å². The molecule has 3 rings (SSSR count). The van der Waals surface area contributed by atoms with Crippen LogP contribution in [0.4, 0.5) is 8.78 Å². The number of fused-ring (bicyclic) bond motifs is 1. The van der Waals surface area contributed by atoms with Crippen LogP contribution in [0.15, 0.2) is 10.6 Å². The number of carbonyl (C=O) groups is 4. The third kappa shape index (κ3) is 4.52. The number of nitrogens with two attached hydrogens (primary N) is 1. The van der Waals surface area contributed by atoms with Crippen molar-refractivity contribution in [2.45, 2.75) is 49.9 Å². The Kier molecular flexibility index (Phi) is 7.21. The Morgan fingerprint density at radius 2 is 2.00 bits per heavy atom. The molecule has 33 heavy (non-hydrogen) atoms. The van der Waals surface area contributed by atoms with Crippen molar-refractivity contribution in [1.82, 2.24) is 15.1 Å². The predicted octanol–water partition coefficient (Wildman–Crippen LogP) is 0.501. The van der Waals surface area contributed by atoms with E-state index in [0.29, 0.717) is 17.9 Å². The summed E-state index contributed by atoms with van der Waals surface area (Å²) >= 11 is 1.35. The first-order chi connectivity index (χ1) is 15.3. The Labute approximate surface area is 195 Å². The summed E-state index contributed by atoms with van der Waals surface area (Å²) in [5.74, 6) is -8.47. The number of rotatable bonds is 9. The molecule has 12 heteroatoms. The van der Waals surface area contributed by atoms with E-state index in [1.165, 1.54) is 21.6 Å². The first-order valence-corrected chi connectivity index (χ1v) is 11.7. The molecule has 9 nitrogen and oxygen atoms in total. The van der Waals surface area contributed by atoms with Crippen molar-refractivity contribution in [1.29, 1.82) is 0 Å². The van der Waals surface area contributed by atoms with Crippen LogP contribution in [0, 0.1) is 17.8 Å². The maximum atomic E-state index is 13.6. The Morgan fingerprint density at radius 3 is 2.55 bits per heavy atom. The van der Waals surface area contributed by atoms with Gasteiger partial charge in [-0.1, -0.05) is 13.8 Å². The van der Waals surface area contributed by atoms with Gasteiger partial charge in [-0.2, -0.15) is 8.78 Å².